The van der Waals surface area contributed by atoms with Crippen LogP contribution in [0.15, 0.2) is 24.3 Å². The topological polar surface area (TPSA) is 84.6 Å². The van der Waals surface area contributed by atoms with E-state index < -0.39 is 12.1 Å². The molecule has 22 heavy (non-hydrogen) atoms. The van der Waals surface area contributed by atoms with Gasteiger partial charge >= 0.3 is 0 Å². The van der Waals surface area contributed by atoms with Gasteiger partial charge in [0.1, 0.15) is 18.5 Å². The Kier molecular flexibility index (Phi) is 8.45. The number of aryl methyl sites for hydroxylation is 1. The lowest BCUT2D eigenvalue weighted by molar-refractivity contribution is -0.125. The second-order valence-electron chi connectivity index (χ2n) is 6.37. The summed E-state index contributed by atoms with van der Waals surface area (Å²) < 4.78 is 5.48. The van der Waals surface area contributed by atoms with Gasteiger partial charge in [-0.05, 0) is 30.0 Å². The van der Waals surface area contributed by atoms with Crippen molar-refractivity contribution in [1.82, 2.24) is 5.32 Å². The van der Waals surface area contributed by atoms with E-state index in [1.54, 1.807) is 0 Å². The minimum absolute atomic E-state index is 0. The zero-order chi connectivity index (χ0) is 16.0. The minimum Gasteiger partial charge on any atom is -0.491 e. The zero-order valence-corrected chi connectivity index (χ0v) is 14.4. The van der Waals surface area contributed by atoms with Crippen LogP contribution in [-0.2, 0) is 4.79 Å². The fourth-order valence-electron chi connectivity index (χ4n) is 1.68. The summed E-state index contributed by atoms with van der Waals surface area (Å²) in [5, 5.41) is 12.5. The monoisotopic (exact) mass is 330 g/mol. The minimum atomic E-state index is -0.776. The van der Waals surface area contributed by atoms with Crippen LogP contribution < -0.4 is 15.8 Å². The van der Waals surface area contributed by atoms with Gasteiger partial charge in [-0.25, -0.2) is 0 Å². The number of aliphatic hydroxyl groups excluding tert-OH is 1. The molecule has 0 aromatic heterocycles. The van der Waals surface area contributed by atoms with Gasteiger partial charge in [-0.2, -0.15) is 0 Å². The Morgan fingerprint density at radius 2 is 2.05 bits per heavy atom. The number of nitrogens with two attached hydrogens (primary N) is 1. The SMILES string of the molecule is Cc1cccc(OCC(O)CNC(=O)[C@@H](N)C(C)(C)C)c1.Cl. The molecule has 0 spiro atoms. The maximum atomic E-state index is 11.8. The summed E-state index contributed by atoms with van der Waals surface area (Å²) in [5.74, 6) is 0.434. The van der Waals surface area contributed by atoms with Gasteiger partial charge in [0.15, 0.2) is 0 Å². The molecule has 1 rings (SSSR count). The van der Waals surface area contributed by atoms with Crippen molar-refractivity contribution in [1.29, 1.82) is 0 Å². The van der Waals surface area contributed by atoms with Crippen LogP contribution in [-0.4, -0.2) is 36.3 Å². The highest BCUT2D eigenvalue weighted by atomic mass is 35.5. The molecule has 126 valence electrons. The molecule has 0 heterocycles. The largest absolute Gasteiger partial charge is 0.491 e. The first kappa shape index (κ1) is 20.7. The van der Waals surface area contributed by atoms with Crippen molar-refractivity contribution in [2.45, 2.75) is 39.8 Å². The smallest absolute Gasteiger partial charge is 0.237 e. The van der Waals surface area contributed by atoms with Gasteiger partial charge in [-0.1, -0.05) is 32.9 Å². The Morgan fingerprint density at radius 3 is 2.59 bits per heavy atom. The number of ether oxygens (including phenoxy) is 1. The van der Waals surface area contributed by atoms with Gasteiger partial charge in [0.2, 0.25) is 5.91 Å². The van der Waals surface area contributed by atoms with E-state index in [2.05, 4.69) is 5.32 Å². The molecule has 0 saturated heterocycles. The van der Waals surface area contributed by atoms with Gasteiger partial charge in [0.25, 0.3) is 0 Å². The molecule has 6 heteroatoms. The number of aliphatic hydroxyl groups is 1. The summed E-state index contributed by atoms with van der Waals surface area (Å²) in [4.78, 5) is 11.8. The molecule has 0 aliphatic rings. The predicted octanol–water partition coefficient (Wildman–Crippen LogP) is 1.65. The van der Waals surface area contributed by atoms with Gasteiger partial charge in [-0.15, -0.1) is 12.4 Å². The van der Waals surface area contributed by atoms with Gasteiger partial charge < -0.3 is 20.9 Å². The van der Waals surface area contributed by atoms with Gasteiger partial charge in [-0.3, -0.25) is 4.79 Å². The van der Waals surface area contributed by atoms with Crippen molar-refractivity contribution in [3.8, 4) is 5.75 Å². The van der Waals surface area contributed by atoms with Crippen LogP contribution in [0.4, 0.5) is 0 Å². The summed E-state index contributed by atoms with van der Waals surface area (Å²) in [6, 6.07) is 6.97. The Bertz CT molecular complexity index is 475. The van der Waals surface area contributed by atoms with E-state index in [9.17, 15) is 9.90 Å². The number of rotatable bonds is 6. The van der Waals surface area contributed by atoms with Gasteiger partial charge in [0.05, 0.1) is 6.04 Å². The molecule has 0 radical (unpaired) electrons. The molecule has 0 saturated carbocycles. The number of hydrogen-bond donors (Lipinski definition) is 3. The van der Waals surface area contributed by atoms with E-state index >= 15 is 0 Å². The maximum Gasteiger partial charge on any atom is 0.237 e. The molecule has 1 unspecified atom stereocenters. The second-order valence-corrected chi connectivity index (χ2v) is 6.37. The average molecular weight is 331 g/mol. The van der Waals surface area contributed by atoms with Crippen molar-refractivity contribution >= 4 is 18.3 Å². The summed E-state index contributed by atoms with van der Waals surface area (Å²) in [5.41, 5.74) is 6.61. The van der Waals surface area contributed by atoms with E-state index in [-0.39, 0.29) is 36.9 Å². The van der Waals surface area contributed by atoms with E-state index in [0.717, 1.165) is 5.56 Å². The number of nitrogens with one attached hydrogen (secondary N) is 1. The van der Waals surface area contributed by atoms with Crippen molar-refractivity contribution in [2.75, 3.05) is 13.2 Å². The number of carbonyl (C=O) groups is 1. The number of benzene rings is 1. The molecular weight excluding hydrogens is 304 g/mol. The lowest BCUT2D eigenvalue weighted by atomic mass is 9.87. The first-order valence-corrected chi connectivity index (χ1v) is 7.11. The third kappa shape index (κ3) is 7.11. The highest BCUT2D eigenvalue weighted by Gasteiger charge is 2.27. The Balaban J connectivity index is 0.00000441. The number of hydrogen-bond acceptors (Lipinski definition) is 4. The second kappa shape index (κ2) is 8.98. The standard InChI is InChI=1S/C16H26N2O3.ClH/c1-11-6-5-7-13(8-11)21-10-12(19)9-18-15(20)14(17)16(2,3)4;/h5-8,12,14,19H,9-10,17H2,1-4H3,(H,18,20);1H/t12?,14-;/m1./s1. The highest BCUT2D eigenvalue weighted by Crippen LogP contribution is 2.17. The first-order chi connectivity index (χ1) is 9.70. The van der Waals surface area contributed by atoms with Crippen LogP contribution in [0, 0.1) is 12.3 Å². The first-order valence-electron chi connectivity index (χ1n) is 7.11. The average Bonchev–Trinajstić information content (AvgIpc) is 2.40. The Morgan fingerprint density at radius 1 is 1.41 bits per heavy atom. The lowest BCUT2D eigenvalue weighted by Gasteiger charge is -2.26. The molecule has 2 atom stereocenters. The molecule has 1 aromatic rings. The molecule has 0 aliphatic heterocycles. The van der Waals surface area contributed by atoms with Gasteiger partial charge in [0, 0.05) is 6.54 Å². The maximum absolute atomic E-state index is 11.8. The van der Waals surface area contributed by atoms with E-state index in [1.807, 2.05) is 52.0 Å². The lowest BCUT2D eigenvalue weighted by Crippen LogP contribution is -2.50. The van der Waals surface area contributed by atoms with Crippen LogP contribution in [0.5, 0.6) is 5.75 Å². The molecular formula is C16H27ClN2O3. The highest BCUT2D eigenvalue weighted by molar-refractivity contribution is 5.85. The number of halogens is 1. The fourth-order valence-corrected chi connectivity index (χ4v) is 1.68. The summed E-state index contributed by atoms with van der Waals surface area (Å²) in [6.07, 6.45) is -0.776. The fraction of sp³-hybridized carbons (Fsp3) is 0.562. The van der Waals surface area contributed by atoms with E-state index in [0.29, 0.717) is 5.75 Å². The quantitative estimate of drug-likeness (QED) is 0.740. The Hall–Kier alpha value is -1.30. The van der Waals surface area contributed by atoms with Crippen molar-refractivity contribution in [3.63, 3.8) is 0 Å². The third-order valence-corrected chi connectivity index (χ3v) is 3.16. The molecule has 0 bridgehead atoms. The zero-order valence-electron chi connectivity index (χ0n) is 13.6. The van der Waals surface area contributed by atoms with Crippen LogP contribution in [0.25, 0.3) is 0 Å². The van der Waals surface area contributed by atoms with Crippen molar-refractivity contribution in [2.24, 2.45) is 11.1 Å². The summed E-state index contributed by atoms with van der Waals surface area (Å²) in [6.45, 7) is 7.90. The number of carbonyl (C=O) groups excluding carboxylic acids is 1. The molecule has 1 aromatic carbocycles. The van der Waals surface area contributed by atoms with Crippen molar-refractivity contribution in [3.05, 3.63) is 29.8 Å². The van der Waals surface area contributed by atoms with E-state index in [4.69, 9.17) is 10.5 Å². The molecule has 5 nitrogen and oxygen atoms in total. The third-order valence-electron chi connectivity index (χ3n) is 3.16. The van der Waals surface area contributed by atoms with Crippen LogP contribution in [0.2, 0.25) is 0 Å². The predicted molar refractivity (Wildman–Crippen MR) is 90.4 cm³/mol. The molecule has 0 fully saturated rings. The molecule has 1 amide bonds. The van der Waals surface area contributed by atoms with Crippen molar-refractivity contribution < 1.29 is 14.6 Å². The summed E-state index contributed by atoms with van der Waals surface area (Å²) >= 11 is 0. The van der Waals surface area contributed by atoms with Crippen LogP contribution >= 0.6 is 12.4 Å². The molecule has 4 N–H and O–H groups in total. The van der Waals surface area contributed by atoms with Crippen LogP contribution in [0.1, 0.15) is 26.3 Å². The Labute approximate surface area is 138 Å². The van der Waals surface area contributed by atoms with Crippen LogP contribution in [0.3, 0.4) is 0 Å². The van der Waals surface area contributed by atoms with E-state index in [1.165, 1.54) is 0 Å². The summed E-state index contributed by atoms with van der Waals surface area (Å²) in [7, 11) is 0. The normalized spacial score (nSPS) is 13.7. The molecule has 0 aliphatic carbocycles. The number of amides is 1.